The minimum Gasteiger partial charge on any atom is -0.394 e. The molecule has 5 nitrogen and oxygen atoms in total. The monoisotopic (exact) mass is 191 g/mol. The lowest BCUT2D eigenvalue weighted by Gasteiger charge is -2.13. The number of ether oxygens (including phenoxy) is 2. The number of carbonyl (C=O) groups excluding carboxylic acids is 1. The molecule has 3 N–H and O–H groups in total. The summed E-state index contributed by atoms with van der Waals surface area (Å²) < 4.78 is 10.1. The molecule has 13 heavy (non-hydrogen) atoms. The van der Waals surface area contributed by atoms with Gasteiger partial charge in [-0.25, -0.2) is 0 Å². The van der Waals surface area contributed by atoms with Gasteiger partial charge in [-0.15, -0.1) is 0 Å². The average molecular weight is 191 g/mol. The summed E-state index contributed by atoms with van der Waals surface area (Å²) >= 11 is 0. The smallest absolute Gasteiger partial charge is 0.220 e. The van der Waals surface area contributed by atoms with Gasteiger partial charge in [0.05, 0.1) is 32.3 Å². The summed E-state index contributed by atoms with van der Waals surface area (Å²) in [6.07, 6.45) is -0.458. The Morgan fingerprint density at radius 3 is 2.69 bits per heavy atom. The highest BCUT2D eigenvalue weighted by Gasteiger charge is 2.10. The van der Waals surface area contributed by atoms with Crippen molar-refractivity contribution in [2.45, 2.75) is 19.4 Å². The molecule has 0 saturated heterocycles. The van der Waals surface area contributed by atoms with E-state index in [0.717, 1.165) is 0 Å². The number of aliphatic hydroxyl groups is 1. The second-order valence-electron chi connectivity index (χ2n) is 2.54. The number of hydrogen-bond donors (Lipinski definition) is 2. The first kappa shape index (κ1) is 12.3. The number of rotatable bonds is 8. The van der Waals surface area contributed by atoms with Crippen LogP contribution in [0.3, 0.4) is 0 Å². The van der Waals surface area contributed by atoms with Gasteiger partial charge in [0.25, 0.3) is 0 Å². The van der Waals surface area contributed by atoms with Crippen molar-refractivity contribution in [3.05, 3.63) is 0 Å². The van der Waals surface area contributed by atoms with E-state index in [2.05, 4.69) is 0 Å². The SMILES string of the molecule is CCOCCO[C@H](CO)CC(N)=O. The van der Waals surface area contributed by atoms with Crippen molar-refractivity contribution in [2.24, 2.45) is 5.73 Å². The van der Waals surface area contributed by atoms with E-state index in [1.165, 1.54) is 0 Å². The topological polar surface area (TPSA) is 81.8 Å². The van der Waals surface area contributed by atoms with E-state index in [1.54, 1.807) is 0 Å². The Hall–Kier alpha value is -0.650. The lowest BCUT2D eigenvalue weighted by atomic mass is 10.2. The molecule has 0 rings (SSSR count). The molecular weight excluding hydrogens is 174 g/mol. The van der Waals surface area contributed by atoms with E-state index < -0.39 is 12.0 Å². The third-order valence-corrected chi connectivity index (χ3v) is 1.42. The normalized spacial score (nSPS) is 12.8. The van der Waals surface area contributed by atoms with Crippen molar-refractivity contribution in [2.75, 3.05) is 26.4 Å². The van der Waals surface area contributed by atoms with Gasteiger partial charge >= 0.3 is 0 Å². The maximum Gasteiger partial charge on any atom is 0.220 e. The maximum absolute atomic E-state index is 10.5. The summed E-state index contributed by atoms with van der Waals surface area (Å²) in [6.45, 7) is 3.14. The van der Waals surface area contributed by atoms with Gasteiger partial charge in [0, 0.05) is 6.61 Å². The highest BCUT2D eigenvalue weighted by molar-refractivity contribution is 5.74. The van der Waals surface area contributed by atoms with Gasteiger partial charge in [0.2, 0.25) is 5.91 Å². The highest BCUT2D eigenvalue weighted by Crippen LogP contribution is 1.96. The fourth-order valence-electron chi connectivity index (χ4n) is 0.819. The molecule has 0 heterocycles. The number of carbonyl (C=O) groups is 1. The van der Waals surface area contributed by atoms with Crippen LogP contribution in [-0.4, -0.2) is 43.5 Å². The van der Waals surface area contributed by atoms with E-state index in [0.29, 0.717) is 19.8 Å². The average Bonchev–Trinajstić information content (AvgIpc) is 2.09. The summed E-state index contributed by atoms with van der Waals surface area (Å²) in [6, 6.07) is 0. The van der Waals surface area contributed by atoms with Crippen LogP contribution in [0.1, 0.15) is 13.3 Å². The third-order valence-electron chi connectivity index (χ3n) is 1.42. The van der Waals surface area contributed by atoms with E-state index in [1.807, 2.05) is 6.92 Å². The fourth-order valence-corrected chi connectivity index (χ4v) is 0.819. The molecule has 0 saturated carbocycles. The number of nitrogens with two attached hydrogens (primary N) is 1. The first-order chi connectivity index (χ1) is 6.20. The Morgan fingerprint density at radius 2 is 2.23 bits per heavy atom. The van der Waals surface area contributed by atoms with E-state index in [4.69, 9.17) is 20.3 Å². The van der Waals surface area contributed by atoms with Crippen LogP contribution in [0, 0.1) is 0 Å². The van der Waals surface area contributed by atoms with Crippen molar-refractivity contribution in [1.29, 1.82) is 0 Å². The molecule has 0 aromatic rings. The Kier molecular flexibility index (Phi) is 7.57. The Balaban J connectivity index is 3.42. The number of amides is 1. The molecule has 0 aromatic carbocycles. The van der Waals surface area contributed by atoms with Gasteiger partial charge in [0.15, 0.2) is 0 Å². The first-order valence-corrected chi connectivity index (χ1v) is 4.29. The van der Waals surface area contributed by atoms with Crippen molar-refractivity contribution >= 4 is 5.91 Å². The van der Waals surface area contributed by atoms with Gasteiger partial charge in [-0.1, -0.05) is 0 Å². The molecule has 0 aliphatic heterocycles. The molecule has 0 unspecified atom stereocenters. The maximum atomic E-state index is 10.5. The quantitative estimate of drug-likeness (QED) is 0.496. The second-order valence-corrected chi connectivity index (χ2v) is 2.54. The van der Waals surface area contributed by atoms with Crippen LogP contribution in [0.2, 0.25) is 0 Å². The van der Waals surface area contributed by atoms with Crippen LogP contribution in [0.5, 0.6) is 0 Å². The summed E-state index contributed by atoms with van der Waals surface area (Å²) in [4.78, 5) is 10.5. The summed E-state index contributed by atoms with van der Waals surface area (Å²) in [5, 5.41) is 8.76. The van der Waals surface area contributed by atoms with Crippen LogP contribution in [0.25, 0.3) is 0 Å². The molecule has 0 aliphatic carbocycles. The highest BCUT2D eigenvalue weighted by atomic mass is 16.5. The Morgan fingerprint density at radius 1 is 1.54 bits per heavy atom. The standard InChI is InChI=1S/C8H17NO4/c1-2-12-3-4-13-7(6-10)5-8(9)11/h7,10H,2-6H2,1H3,(H2,9,11)/t7-/m0/s1. The zero-order valence-electron chi connectivity index (χ0n) is 7.86. The zero-order chi connectivity index (χ0) is 10.1. The molecule has 0 fully saturated rings. The second kappa shape index (κ2) is 7.97. The molecule has 5 heteroatoms. The third kappa shape index (κ3) is 7.70. The van der Waals surface area contributed by atoms with Crippen LogP contribution in [0.15, 0.2) is 0 Å². The fraction of sp³-hybridized carbons (Fsp3) is 0.875. The van der Waals surface area contributed by atoms with E-state index >= 15 is 0 Å². The summed E-state index contributed by atoms with van der Waals surface area (Å²) in [5.74, 6) is -0.476. The van der Waals surface area contributed by atoms with Crippen LogP contribution in [0.4, 0.5) is 0 Å². The number of aliphatic hydroxyl groups excluding tert-OH is 1. The minimum atomic E-state index is -0.502. The Bertz CT molecular complexity index is 140. The van der Waals surface area contributed by atoms with Crippen LogP contribution in [-0.2, 0) is 14.3 Å². The summed E-state index contributed by atoms with van der Waals surface area (Å²) in [7, 11) is 0. The molecule has 1 atom stereocenters. The molecule has 0 radical (unpaired) electrons. The van der Waals surface area contributed by atoms with Crippen molar-refractivity contribution in [3.8, 4) is 0 Å². The van der Waals surface area contributed by atoms with Crippen LogP contribution < -0.4 is 5.73 Å². The molecule has 0 spiro atoms. The first-order valence-electron chi connectivity index (χ1n) is 4.29. The largest absolute Gasteiger partial charge is 0.394 e. The lowest BCUT2D eigenvalue weighted by molar-refractivity contribution is -0.122. The Labute approximate surface area is 77.8 Å². The lowest BCUT2D eigenvalue weighted by Crippen LogP contribution is -2.27. The molecular formula is C8H17NO4. The molecule has 78 valence electrons. The van der Waals surface area contributed by atoms with E-state index in [9.17, 15) is 4.79 Å². The summed E-state index contributed by atoms with van der Waals surface area (Å²) in [5.41, 5.74) is 4.94. The predicted molar refractivity (Wildman–Crippen MR) is 47.1 cm³/mol. The van der Waals surface area contributed by atoms with Gasteiger partial charge in [-0.2, -0.15) is 0 Å². The minimum absolute atomic E-state index is 0.0443. The molecule has 0 bridgehead atoms. The molecule has 1 amide bonds. The van der Waals surface area contributed by atoms with Gasteiger partial charge in [-0.3, -0.25) is 4.79 Å². The van der Waals surface area contributed by atoms with Crippen molar-refractivity contribution in [1.82, 2.24) is 0 Å². The van der Waals surface area contributed by atoms with Crippen molar-refractivity contribution < 1.29 is 19.4 Å². The van der Waals surface area contributed by atoms with Gasteiger partial charge in [0.1, 0.15) is 0 Å². The van der Waals surface area contributed by atoms with Crippen molar-refractivity contribution in [3.63, 3.8) is 0 Å². The van der Waals surface area contributed by atoms with E-state index in [-0.39, 0.29) is 13.0 Å². The van der Waals surface area contributed by atoms with Crippen LogP contribution >= 0.6 is 0 Å². The number of hydrogen-bond acceptors (Lipinski definition) is 4. The predicted octanol–water partition coefficient (Wildman–Crippen LogP) is -0.724. The zero-order valence-corrected chi connectivity index (χ0v) is 7.86. The van der Waals surface area contributed by atoms with Gasteiger partial charge < -0.3 is 20.3 Å². The van der Waals surface area contributed by atoms with Gasteiger partial charge in [-0.05, 0) is 6.92 Å². The number of primary amides is 1. The molecule has 0 aliphatic rings. The molecule has 0 aromatic heterocycles.